The van der Waals surface area contributed by atoms with Crippen LogP contribution >= 0.6 is 0 Å². The van der Waals surface area contributed by atoms with Gasteiger partial charge in [-0.2, -0.15) is 0 Å². The topological polar surface area (TPSA) is 41.6 Å². The van der Waals surface area contributed by atoms with Gasteiger partial charge in [0.15, 0.2) is 0 Å². The highest BCUT2D eigenvalue weighted by Crippen LogP contribution is 2.29. The van der Waals surface area contributed by atoms with Crippen molar-refractivity contribution < 1.29 is 9.53 Å². The van der Waals surface area contributed by atoms with Gasteiger partial charge in [0.2, 0.25) is 0 Å². The average molecular weight is 212 g/mol. The number of carbonyl (C=O) groups is 1. The van der Waals surface area contributed by atoms with E-state index in [1.807, 2.05) is 11.8 Å². The molecule has 0 aliphatic carbocycles. The first-order chi connectivity index (χ1) is 7.24. The van der Waals surface area contributed by atoms with Crippen LogP contribution in [0.4, 0.5) is 4.79 Å². The quantitative estimate of drug-likeness (QED) is 0.751. The molecule has 4 nitrogen and oxygen atoms in total. The van der Waals surface area contributed by atoms with Crippen molar-refractivity contribution in [1.29, 1.82) is 0 Å². The van der Waals surface area contributed by atoms with Crippen LogP contribution in [-0.2, 0) is 4.74 Å². The van der Waals surface area contributed by atoms with E-state index >= 15 is 0 Å². The first-order valence-corrected chi connectivity index (χ1v) is 5.85. The van der Waals surface area contributed by atoms with Gasteiger partial charge < -0.3 is 15.0 Å². The van der Waals surface area contributed by atoms with E-state index in [2.05, 4.69) is 5.32 Å². The van der Waals surface area contributed by atoms with E-state index in [1.54, 1.807) is 0 Å². The number of hydrogen-bond acceptors (Lipinski definition) is 3. The highest BCUT2D eigenvalue weighted by atomic mass is 16.5. The summed E-state index contributed by atoms with van der Waals surface area (Å²) in [6.45, 7) is 2.76. The third-order valence-electron chi connectivity index (χ3n) is 3.64. The van der Waals surface area contributed by atoms with Gasteiger partial charge in [-0.25, -0.2) is 4.79 Å². The number of methoxy groups -OCH3 is 1. The SMILES string of the molecule is CCN(C(=O)OC)C1CC2CCC(C1)N2. The van der Waals surface area contributed by atoms with Gasteiger partial charge in [0, 0.05) is 24.7 Å². The van der Waals surface area contributed by atoms with Crippen molar-refractivity contribution in [3.63, 3.8) is 0 Å². The molecule has 0 aromatic heterocycles. The second-order valence-corrected chi connectivity index (χ2v) is 4.52. The smallest absolute Gasteiger partial charge is 0.409 e. The first kappa shape index (κ1) is 10.7. The molecule has 0 spiro atoms. The fourth-order valence-corrected chi connectivity index (χ4v) is 2.94. The van der Waals surface area contributed by atoms with Crippen LogP contribution in [0, 0.1) is 0 Å². The number of ether oxygens (including phenoxy) is 1. The molecule has 2 saturated heterocycles. The number of piperidine rings is 1. The third kappa shape index (κ3) is 2.09. The van der Waals surface area contributed by atoms with Crippen LogP contribution in [0.25, 0.3) is 0 Å². The average Bonchev–Trinajstić information content (AvgIpc) is 2.59. The van der Waals surface area contributed by atoms with Crippen LogP contribution in [0.3, 0.4) is 0 Å². The number of rotatable bonds is 2. The summed E-state index contributed by atoms with van der Waals surface area (Å²) in [5, 5.41) is 3.58. The fourth-order valence-electron chi connectivity index (χ4n) is 2.94. The molecule has 2 heterocycles. The van der Waals surface area contributed by atoms with Crippen molar-refractivity contribution in [1.82, 2.24) is 10.2 Å². The lowest BCUT2D eigenvalue weighted by molar-refractivity contribution is 0.0924. The number of hydrogen-bond donors (Lipinski definition) is 1. The Bertz CT molecular complexity index is 233. The summed E-state index contributed by atoms with van der Waals surface area (Å²) in [5.41, 5.74) is 0. The molecule has 2 aliphatic heterocycles. The van der Waals surface area contributed by atoms with Crippen molar-refractivity contribution in [2.75, 3.05) is 13.7 Å². The third-order valence-corrected chi connectivity index (χ3v) is 3.64. The van der Waals surface area contributed by atoms with Crippen LogP contribution in [0.5, 0.6) is 0 Å². The van der Waals surface area contributed by atoms with Crippen LogP contribution in [0.2, 0.25) is 0 Å². The zero-order chi connectivity index (χ0) is 10.8. The zero-order valence-electron chi connectivity index (χ0n) is 9.53. The predicted molar refractivity (Wildman–Crippen MR) is 57.8 cm³/mol. The molecular formula is C11H20N2O2. The summed E-state index contributed by atoms with van der Waals surface area (Å²) in [7, 11) is 1.46. The monoisotopic (exact) mass is 212 g/mol. The first-order valence-electron chi connectivity index (χ1n) is 5.85. The van der Waals surface area contributed by atoms with E-state index in [9.17, 15) is 4.79 Å². The van der Waals surface area contributed by atoms with E-state index in [0.29, 0.717) is 18.1 Å². The van der Waals surface area contributed by atoms with E-state index in [0.717, 1.165) is 19.4 Å². The molecule has 0 aromatic rings. The summed E-state index contributed by atoms with van der Waals surface area (Å²) in [5.74, 6) is 0. The summed E-state index contributed by atoms with van der Waals surface area (Å²) < 4.78 is 4.81. The maximum absolute atomic E-state index is 11.6. The molecule has 4 heteroatoms. The lowest BCUT2D eigenvalue weighted by Crippen LogP contribution is -2.50. The largest absolute Gasteiger partial charge is 0.453 e. The standard InChI is InChI=1S/C11H20N2O2/c1-3-13(11(14)15-2)10-6-8-4-5-9(7-10)12-8/h8-10,12H,3-7H2,1-2H3. The zero-order valence-corrected chi connectivity index (χ0v) is 9.53. The predicted octanol–water partition coefficient (Wildman–Crippen LogP) is 1.36. The summed E-state index contributed by atoms with van der Waals surface area (Å²) in [4.78, 5) is 13.4. The minimum absolute atomic E-state index is 0.177. The Balaban J connectivity index is 1.99. The number of amides is 1. The Morgan fingerprint density at radius 3 is 2.47 bits per heavy atom. The molecule has 86 valence electrons. The molecule has 15 heavy (non-hydrogen) atoms. The number of fused-ring (bicyclic) bond motifs is 2. The van der Waals surface area contributed by atoms with Gasteiger partial charge in [-0.3, -0.25) is 0 Å². The number of nitrogens with one attached hydrogen (secondary N) is 1. The van der Waals surface area contributed by atoms with Crippen molar-refractivity contribution in [2.24, 2.45) is 0 Å². The van der Waals surface area contributed by atoms with Gasteiger partial charge in [0.1, 0.15) is 0 Å². The van der Waals surface area contributed by atoms with Crippen LogP contribution < -0.4 is 5.32 Å². The molecule has 1 N–H and O–H groups in total. The van der Waals surface area contributed by atoms with Crippen molar-refractivity contribution in [3.8, 4) is 0 Å². The highest BCUT2D eigenvalue weighted by molar-refractivity contribution is 5.67. The van der Waals surface area contributed by atoms with Gasteiger partial charge >= 0.3 is 6.09 Å². The molecule has 2 aliphatic rings. The van der Waals surface area contributed by atoms with E-state index in [-0.39, 0.29) is 6.09 Å². The molecule has 2 rings (SSSR count). The van der Waals surface area contributed by atoms with Crippen molar-refractivity contribution in [2.45, 2.75) is 50.7 Å². The van der Waals surface area contributed by atoms with Gasteiger partial charge in [0.25, 0.3) is 0 Å². The van der Waals surface area contributed by atoms with Crippen LogP contribution in [-0.4, -0.2) is 42.8 Å². The molecule has 2 unspecified atom stereocenters. The summed E-state index contributed by atoms with van der Waals surface area (Å²) in [6.07, 6.45) is 4.52. The lowest BCUT2D eigenvalue weighted by Gasteiger charge is -2.36. The molecular weight excluding hydrogens is 192 g/mol. The Kier molecular flexibility index (Phi) is 3.14. The van der Waals surface area contributed by atoms with Gasteiger partial charge in [0.05, 0.1) is 7.11 Å². The molecule has 1 amide bonds. The molecule has 0 aromatic carbocycles. The number of nitrogens with zero attached hydrogens (tertiary/aromatic N) is 1. The summed E-state index contributed by atoms with van der Waals surface area (Å²) in [6, 6.07) is 1.61. The molecule has 2 fully saturated rings. The molecule has 2 bridgehead atoms. The molecule has 2 atom stereocenters. The second-order valence-electron chi connectivity index (χ2n) is 4.52. The molecule has 0 saturated carbocycles. The minimum atomic E-state index is -0.177. The van der Waals surface area contributed by atoms with E-state index in [1.165, 1.54) is 20.0 Å². The van der Waals surface area contributed by atoms with Crippen molar-refractivity contribution >= 4 is 6.09 Å². The normalized spacial score (nSPS) is 33.9. The Morgan fingerprint density at radius 1 is 1.40 bits per heavy atom. The van der Waals surface area contributed by atoms with E-state index in [4.69, 9.17) is 4.74 Å². The Morgan fingerprint density at radius 2 is 2.00 bits per heavy atom. The summed E-state index contributed by atoms with van der Waals surface area (Å²) >= 11 is 0. The minimum Gasteiger partial charge on any atom is -0.453 e. The van der Waals surface area contributed by atoms with Crippen LogP contribution in [0.15, 0.2) is 0 Å². The van der Waals surface area contributed by atoms with E-state index < -0.39 is 0 Å². The Hall–Kier alpha value is -0.770. The second kappa shape index (κ2) is 4.39. The highest BCUT2D eigenvalue weighted by Gasteiger charge is 2.37. The number of carbonyl (C=O) groups excluding carboxylic acids is 1. The van der Waals surface area contributed by atoms with Gasteiger partial charge in [-0.1, -0.05) is 0 Å². The maximum Gasteiger partial charge on any atom is 0.409 e. The lowest BCUT2D eigenvalue weighted by atomic mass is 9.98. The van der Waals surface area contributed by atoms with Gasteiger partial charge in [-0.05, 0) is 32.6 Å². The molecule has 0 radical (unpaired) electrons. The maximum atomic E-state index is 11.6. The van der Waals surface area contributed by atoms with Crippen LogP contribution in [0.1, 0.15) is 32.6 Å². The Labute approximate surface area is 91.0 Å². The van der Waals surface area contributed by atoms with Crippen molar-refractivity contribution in [3.05, 3.63) is 0 Å². The fraction of sp³-hybridized carbons (Fsp3) is 0.909. The van der Waals surface area contributed by atoms with Gasteiger partial charge in [-0.15, -0.1) is 0 Å².